The van der Waals surface area contributed by atoms with Crippen LogP contribution in [0.15, 0.2) is 29.2 Å². The van der Waals surface area contributed by atoms with Gasteiger partial charge < -0.3 is 10.2 Å². The van der Waals surface area contributed by atoms with Crippen molar-refractivity contribution in [2.24, 2.45) is 0 Å². The topological polar surface area (TPSA) is 66.5 Å². The largest absolute Gasteiger partial charge is 0.337 e. The van der Waals surface area contributed by atoms with Crippen LogP contribution in [0.3, 0.4) is 0 Å². The lowest BCUT2D eigenvalue weighted by Gasteiger charge is -2.34. The van der Waals surface area contributed by atoms with Gasteiger partial charge in [0.25, 0.3) is 0 Å². The summed E-state index contributed by atoms with van der Waals surface area (Å²) in [6.07, 6.45) is 0.0422. The van der Waals surface area contributed by atoms with Crippen molar-refractivity contribution in [1.82, 2.24) is 10.2 Å². The summed E-state index contributed by atoms with van der Waals surface area (Å²) in [6, 6.07) is 6.86. The van der Waals surface area contributed by atoms with Gasteiger partial charge in [-0.15, -0.1) is 0 Å². The Bertz CT molecular complexity index is 596. The number of hydrogen-bond acceptors (Lipinski definition) is 4. The molecular weight excluding hydrogens is 288 g/mol. The second kappa shape index (κ2) is 6.58. The molecule has 1 aliphatic rings. The monoisotopic (exact) mass is 310 g/mol. The van der Waals surface area contributed by atoms with Crippen LogP contribution in [0.1, 0.15) is 18.9 Å². The Kier molecular flexibility index (Phi) is 5.00. The minimum Gasteiger partial charge on any atom is -0.337 e. The quantitative estimate of drug-likeness (QED) is 0.900. The minimum atomic E-state index is -3.39. The second-order valence-corrected chi connectivity index (χ2v) is 7.63. The first kappa shape index (κ1) is 16.0. The third-order valence-corrected chi connectivity index (χ3v) is 5.52. The number of nitrogens with zero attached hydrogens (tertiary/aromatic N) is 1. The SMILES string of the molecule is Cc1ccc(S(=O)(=O)CCC(=O)N2CCNC[C@@H]2C)cc1. The maximum Gasteiger partial charge on any atom is 0.223 e. The fourth-order valence-electron chi connectivity index (χ4n) is 2.44. The molecule has 2 rings (SSSR count). The molecule has 1 fully saturated rings. The fourth-order valence-corrected chi connectivity index (χ4v) is 3.67. The minimum absolute atomic E-state index is 0.0422. The molecule has 1 aromatic carbocycles. The first-order chi connectivity index (χ1) is 9.90. The van der Waals surface area contributed by atoms with Crippen LogP contribution in [0.25, 0.3) is 0 Å². The number of aryl methyl sites for hydroxylation is 1. The summed E-state index contributed by atoms with van der Waals surface area (Å²) in [5.74, 6) is -0.217. The Labute approximate surface area is 126 Å². The molecule has 1 N–H and O–H groups in total. The summed E-state index contributed by atoms with van der Waals surface area (Å²) in [5, 5.41) is 3.21. The molecule has 0 radical (unpaired) electrons. The van der Waals surface area contributed by atoms with Gasteiger partial charge in [0.1, 0.15) is 0 Å². The van der Waals surface area contributed by atoms with Gasteiger partial charge in [0.05, 0.1) is 10.6 Å². The highest BCUT2D eigenvalue weighted by molar-refractivity contribution is 7.91. The number of rotatable bonds is 4. The van der Waals surface area contributed by atoms with Crippen LogP contribution in [-0.2, 0) is 14.6 Å². The summed E-state index contributed by atoms with van der Waals surface area (Å²) in [6.45, 7) is 6.05. The van der Waals surface area contributed by atoms with Gasteiger partial charge in [-0.1, -0.05) is 17.7 Å². The molecule has 21 heavy (non-hydrogen) atoms. The Morgan fingerprint density at radius 1 is 1.33 bits per heavy atom. The van der Waals surface area contributed by atoms with Crippen molar-refractivity contribution in [1.29, 1.82) is 0 Å². The number of sulfone groups is 1. The van der Waals surface area contributed by atoms with Gasteiger partial charge >= 0.3 is 0 Å². The van der Waals surface area contributed by atoms with Gasteiger partial charge in [-0.2, -0.15) is 0 Å². The Hall–Kier alpha value is -1.40. The van der Waals surface area contributed by atoms with E-state index in [4.69, 9.17) is 0 Å². The van der Waals surface area contributed by atoms with E-state index in [1.807, 2.05) is 13.8 Å². The molecule has 0 saturated carbocycles. The predicted molar refractivity (Wildman–Crippen MR) is 81.9 cm³/mol. The molecule has 1 amide bonds. The third kappa shape index (κ3) is 4.04. The maximum atomic E-state index is 12.2. The Balaban J connectivity index is 1.98. The number of carbonyl (C=O) groups excluding carboxylic acids is 1. The van der Waals surface area contributed by atoms with Crippen molar-refractivity contribution >= 4 is 15.7 Å². The van der Waals surface area contributed by atoms with Gasteiger partial charge in [0, 0.05) is 32.1 Å². The average Bonchev–Trinajstić information content (AvgIpc) is 2.46. The second-order valence-electron chi connectivity index (χ2n) is 5.52. The Morgan fingerprint density at radius 3 is 2.62 bits per heavy atom. The van der Waals surface area contributed by atoms with Crippen LogP contribution in [0, 0.1) is 6.92 Å². The zero-order valence-electron chi connectivity index (χ0n) is 12.5. The highest BCUT2D eigenvalue weighted by atomic mass is 32.2. The van der Waals surface area contributed by atoms with Crippen LogP contribution >= 0.6 is 0 Å². The van der Waals surface area contributed by atoms with E-state index in [2.05, 4.69) is 5.32 Å². The predicted octanol–water partition coefficient (Wildman–Crippen LogP) is 0.979. The van der Waals surface area contributed by atoms with Crippen molar-refractivity contribution in [3.8, 4) is 0 Å². The van der Waals surface area contributed by atoms with Crippen LogP contribution in [0.5, 0.6) is 0 Å². The summed E-state index contributed by atoms with van der Waals surface area (Å²) in [7, 11) is -3.39. The molecule has 0 spiro atoms. The van der Waals surface area contributed by atoms with E-state index in [-0.39, 0.29) is 29.0 Å². The van der Waals surface area contributed by atoms with E-state index in [0.717, 1.165) is 18.7 Å². The lowest BCUT2D eigenvalue weighted by molar-refractivity contribution is -0.133. The molecule has 1 aliphatic heterocycles. The molecule has 1 heterocycles. The van der Waals surface area contributed by atoms with Crippen molar-refractivity contribution in [3.05, 3.63) is 29.8 Å². The molecule has 116 valence electrons. The van der Waals surface area contributed by atoms with E-state index >= 15 is 0 Å². The number of nitrogens with one attached hydrogen (secondary N) is 1. The average molecular weight is 310 g/mol. The smallest absolute Gasteiger partial charge is 0.223 e. The maximum absolute atomic E-state index is 12.2. The molecule has 0 bridgehead atoms. The number of benzene rings is 1. The first-order valence-corrected chi connectivity index (χ1v) is 8.85. The van der Waals surface area contributed by atoms with Crippen LogP contribution in [0.2, 0.25) is 0 Å². The lowest BCUT2D eigenvalue weighted by atomic mass is 10.2. The number of carbonyl (C=O) groups is 1. The number of hydrogen-bond donors (Lipinski definition) is 1. The normalized spacial score (nSPS) is 19.5. The standard InChI is InChI=1S/C15H22N2O3S/c1-12-3-5-14(6-4-12)21(19,20)10-7-15(18)17-9-8-16-11-13(17)2/h3-6,13,16H,7-11H2,1-2H3/t13-/m0/s1. The van der Waals surface area contributed by atoms with Crippen LogP contribution in [0.4, 0.5) is 0 Å². The van der Waals surface area contributed by atoms with Gasteiger partial charge in [-0.3, -0.25) is 4.79 Å². The zero-order chi connectivity index (χ0) is 15.5. The van der Waals surface area contributed by atoms with E-state index in [1.54, 1.807) is 29.2 Å². The summed E-state index contributed by atoms with van der Waals surface area (Å²) < 4.78 is 24.5. The van der Waals surface area contributed by atoms with E-state index < -0.39 is 9.84 Å². The molecule has 0 aromatic heterocycles. The van der Waals surface area contributed by atoms with Gasteiger partial charge in [0.15, 0.2) is 9.84 Å². The summed E-state index contributed by atoms with van der Waals surface area (Å²) >= 11 is 0. The van der Waals surface area contributed by atoms with E-state index in [9.17, 15) is 13.2 Å². The fraction of sp³-hybridized carbons (Fsp3) is 0.533. The molecule has 1 aromatic rings. The zero-order valence-corrected chi connectivity index (χ0v) is 13.3. The first-order valence-electron chi connectivity index (χ1n) is 7.20. The van der Waals surface area contributed by atoms with Crippen molar-refractivity contribution < 1.29 is 13.2 Å². The Morgan fingerprint density at radius 2 is 2.00 bits per heavy atom. The molecule has 1 atom stereocenters. The number of amides is 1. The summed E-state index contributed by atoms with van der Waals surface area (Å²) in [5.41, 5.74) is 1.01. The van der Waals surface area contributed by atoms with Gasteiger partial charge in [-0.05, 0) is 26.0 Å². The van der Waals surface area contributed by atoms with Crippen LogP contribution < -0.4 is 5.32 Å². The van der Waals surface area contributed by atoms with Gasteiger partial charge in [-0.25, -0.2) is 8.42 Å². The molecule has 0 unspecified atom stereocenters. The molecule has 6 heteroatoms. The van der Waals surface area contributed by atoms with Gasteiger partial charge in [0.2, 0.25) is 5.91 Å². The van der Waals surface area contributed by atoms with Crippen molar-refractivity contribution in [2.45, 2.75) is 31.2 Å². The van der Waals surface area contributed by atoms with E-state index in [0.29, 0.717) is 6.54 Å². The summed E-state index contributed by atoms with van der Waals surface area (Å²) in [4.78, 5) is 14.2. The molecular formula is C15H22N2O3S. The van der Waals surface area contributed by atoms with Crippen LogP contribution in [-0.4, -0.2) is 50.7 Å². The van der Waals surface area contributed by atoms with E-state index in [1.165, 1.54) is 0 Å². The molecule has 5 nitrogen and oxygen atoms in total. The lowest BCUT2D eigenvalue weighted by Crippen LogP contribution is -2.52. The third-order valence-electron chi connectivity index (χ3n) is 3.79. The highest BCUT2D eigenvalue weighted by Crippen LogP contribution is 2.14. The molecule has 0 aliphatic carbocycles. The molecule has 1 saturated heterocycles. The van der Waals surface area contributed by atoms with Crippen molar-refractivity contribution in [2.75, 3.05) is 25.4 Å². The highest BCUT2D eigenvalue weighted by Gasteiger charge is 2.24. The van der Waals surface area contributed by atoms with Crippen molar-refractivity contribution in [3.63, 3.8) is 0 Å². The number of piperazine rings is 1.